The van der Waals surface area contributed by atoms with Gasteiger partial charge in [-0.25, -0.2) is 0 Å². The molecule has 1 unspecified atom stereocenters. The van der Waals surface area contributed by atoms with Crippen molar-refractivity contribution in [3.8, 4) is 0 Å². The van der Waals surface area contributed by atoms with E-state index in [-0.39, 0.29) is 0 Å². The summed E-state index contributed by atoms with van der Waals surface area (Å²) in [4.78, 5) is 3.68. The van der Waals surface area contributed by atoms with E-state index in [4.69, 9.17) is 0 Å². The topological polar surface area (TPSA) is 15.3 Å². The van der Waals surface area contributed by atoms with E-state index < -0.39 is 0 Å². The predicted octanol–water partition coefficient (Wildman–Crippen LogP) is 1.44. The molecule has 1 rings (SSSR count). The Morgan fingerprint density at radius 2 is 2.31 bits per heavy atom. The summed E-state index contributed by atoms with van der Waals surface area (Å²) in [7, 11) is 6.25. The summed E-state index contributed by atoms with van der Waals surface area (Å²) in [6.45, 7) is 1.09. The van der Waals surface area contributed by atoms with Crippen molar-refractivity contribution in [3.05, 3.63) is 22.4 Å². The average molecular weight is 198 g/mol. The van der Waals surface area contributed by atoms with Gasteiger partial charge in [-0.15, -0.1) is 11.3 Å². The van der Waals surface area contributed by atoms with E-state index in [2.05, 4.69) is 41.8 Å². The van der Waals surface area contributed by atoms with Gasteiger partial charge < -0.3 is 10.2 Å². The summed E-state index contributed by atoms with van der Waals surface area (Å²) < 4.78 is 0. The van der Waals surface area contributed by atoms with E-state index in [9.17, 15) is 0 Å². The molecule has 0 aromatic carbocycles. The van der Waals surface area contributed by atoms with Crippen LogP contribution in [0.3, 0.4) is 0 Å². The van der Waals surface area contributed by atoms with Crippen molar-refractivity contribution in [2.45, 2.75) is 12.5 Å². The Labute approximate surface area is 84.6 Å². The lowest BCUT2D eigenvalue weighted by atomic mass is 10.2. The Morgan fingerprint density at radius 1 is 1.54 bits per heavy atom. The third-order valence-corrected chi connectivity index (χ3v) is 2.92. The van der Waals surface area contributed by atoms with Gasteiger partial charge in [0, 0.05) is 17.5 Å². The van der Waals surface area contributed by atoms with E-state index in [0.717, 1.165) is 13.0 Å². The van der Waals surface area contributed by atoms with Crippen molar-refractivity contribution >= 4 is 11.3 Å². The van der Waals surface area contributed by atoms with E-state index in [0.29, 0.717) is 6.04 Å². The highest BCUT2D eigenvalue weighted by Gasteiger charge is 2.08. The maximum absolute atomic E-state index is 3.34. The van der Waals surface area contributed by atoms with Crippen LogP contribution in [0.4, 0.5) is 0 Å². The molecule has 1 aromatic rings. The van der Waals surface area contributed by atoms with Crippen LogP contribution in [-0.4, -0.2) is 38.6 Å². The lowest BCUT2D eigenvalue weighted by molar-refractivity contribution is 0.347. The molecule has 74 valence electrons. The molecular formula is C10H18N2S. The first kappa shape index (κ1) is 10.7. The molecule has 2 nitrogen and oxygen atoms in total. The molecular weight excluding hydrogens is 180 g/mol. The van der Waals surface area contributed by atoms with Crippen LogP contribution in [0.1, 0.15) is 4.88 Å². The zero-order chi connectivity index (χ0) is 9.68. The van der Waals surface area contributed by atoms with Crippen LogP contribution >= 0.6 is 11.3 Å². The second-order valence-corrected chi connectivity index (χ2v) is 4.56. The SMILES string of the molecule is CNC(Cc1cccs1)CN(C)C. The fourth-order valence-electron chi connectivity index (χ4n) is 1.37. The first-order valence-electron chi connectivity index (χ1n) is 4.56. The Balaban J connectivity index is 2.40. The Kier molecular flexibility index (Phi) is 4.42. The molecule has 0 spiro atoms. The molecule has 3 heteroatoms. The molecule has 1 N–H and O–H groups in total. The quantitative estimate of drug-likeness (QED) is 0.770. The Bertz CT molecular complexity index is 219. The Hall–Kier alpha value is -0.380. The summed E-state index contributed by atoms with van der Waals surface area (Å²) in [5, 5.41) is 5.47. The van der Waals surface area contributed by atoms with E-state index in [1.807, 2.05) is 18.4 Å². The van der Waals surface area contributed by atoms with E-state index in [1.54, 1.807) is 0 Å². The van der Waals surface area contributed by atoms with Crippen molar-refractivity contribution in [2.75, 3.05) is 27.7 Å². The van der Waals surface area contributed by atoms with Gasteiger partial charge in [0.1, 0.15) is 0 Å². The highest BCUT2D eigenvalue weighted by atomic mass is 32.1. The molecule has 1 heterocycles. The number of likely N-dealkylation sites (N-methyl/N-ethyl adjacent to an activating group) is 2. The molecule has 1 aromatic heterocycles. The van der Waals surface area contributed by atoms with Gasteiger partial charge >= 0.3 is 0 Å². The van der Waals surface area contributed by atoms with Gasteiger partial charge in [0.25, 0.3) is 0 Å². The summed E-state index contributed by atoms with van der Waals surface area (Å²) in [6, 6.07) is 4.88. The highest BCUT2D eigenvalue weighted by Crippen LogP contribution is 2.11. The zero-order valence-electron chi connectivity index (χ0n) is 8.58. The monoisotopic (exact) mass is 198 g/mol. The lowest BCUT2D eigenvalue weighted by Crippen LogP contribution is -2.37. The molecule has 0 aliphatic rings. The normalized spacial score (nSPS) is 13.5. The van der Waals surface area contributed by atoms with Crippen LogP contribution in [0.15, 0.2) is 17.5 Å². The van der Waals surface area contributed by atoms with Crippen LogP contribution < -0.4 is 5.32 Å². The third-order valence-electron chi connectivity index (χ3n) is 2.02. The summed E-state index contributed by atoms with van der Waals surface area (Å²) in [5.74, 6) is 0. The number of nitrogens with zero attached hydrogens (tertiary/aromatic N) is 1. The number of rotatable bonds is 5. The fourth-order valence-corrected chi connectivity index (χ4v) is 2.16. The van der Waals surface area contributed by atoms with Crippen LogP contribution in [0.2, 0.25) is 0 Å². The molecule has 13 heavy (non-hydrogen) atoms. The Morgan fingerprint density at radius 3 is 2.77 bits per heavy atom. The third kappa shape index (κ3) is 3.89. The molecule has 0 fully saturated rings. The van der Waals surface area contributed by atoms with Gasteiger partial charge in [-0.05, 0) is 39.0 Å². The fraction of sp³-hybridized carbons (Fsp3) is 0.600. The molecule has 0 bridgehead atoms. The summed E-state index contributed by atoms with van der Waals surface area (Å²) >= 11 is 1.84. The lowest BCUT2D eigenvalue weighted by Gasteiger charge is -2.19. The van der Waals surface area contributed by atoms with Crippen molar-refractivity contribution in [2.24, 2.45) is 0 Å². The number of hydrogen-bond donors (Lipinski definition) is 1. The number of nitrogens with one attached hydrogen (secondary N) is 1. The molecule has 1 atom stereocenters. The van der Waals surface area contributed by atoms with E-state index in [1.165, 1.54) is 4.88 Å². The highest BCUT2D eigenvalue weighted by molar-refractivity contribution is 7.09. The zero-order valence-corrected chi connectivity index (χ0v) is 9.40. The standard InChI is InChI=1S/C10H18N2S/c1-11-9(8-12(2)3)7-10-5-4-6-13-10/h4-6,9,11H,7-8H2,1-3H3. The number of hydrogen-bond acceptors (Lipinski definition) is 3. The van der Waals surface area contributed by atoms with Gasteiger partial charge in [0.05, 0.1) is 0 Å². The minimum absolute atomic E-state index is 0.564. The number of thiophene rings is 1. The minimum Gasteiger partial charge on any atom is -0.315 e. The second kappa shape index (κ2) is 5.37. The maximum atomic E-state index is 3.34. The van der Waals surface area contributed by atoms with Crippen molar-refractivity contribution in [3.63, 3.8) is 0 Å². The maximum Gasteiger partial charge on any atom is 0.0240 e. The van der Waals surface area contributed by atoms with Crippen molar-refractivity contribution in [1.82, 2.24) is 10.2 Å². The van der Waals surface area contributed by atoms with Crippen LogP contribution in [0, 0.1) is 0 Å². The van der Waals surface area contributed by atoms with Crippen LogP contribution in [-0.2, 0) is 6.42 Å². The van der Waals surface area contributed by atoms with Crippen LogP contribution in [0.5, 0.6) is 0 Å². The molecule has 0 aliphatic heterocycles. The van der Waals surface area contributed by atoms with E-state index >= 15 is 0 Å². The second-order valence-electron chi connectivity index (χ2n) is 3.53. The smallest absolute Gasteiger partial charge is 0.0240 e. The molecule has 0 amide bonds. The van der Waals surface area contributed by atoms with Gasteiger partial charge in [-0.1, -0.05) is 6.07 Å². The summed E-state index contributed by atoms with van der Waals surface area (Å²) in [6.07, 6.45) is 1.13. The molecule has 0 saturated heterocycles. The first-order chi connectivity index (χ1) is 6.22. The minimum atomic E-state index is 0.564. The summed E-state index contributed by atoms with van der Waals surface area (Å²) in [5.41, 5.74) is 0. The van der Waals surface area contributed by atoms with Gasteiger partial charge in [0.15, 0.2) is 0 Å². The molecule has 0 saturated carbocycles. The van der Waals surface area contributed by atoms with Crippen LogP contribution in [0.25, 0.3) is 0 Å². The van der Waals surface area contributed by atoms with Crippen molar-refractivity contribution in [1.29, 1.82) is 0 Å². The van der Waals surface area contributed by atoms with Gasteiger partial charge in [-0.2, -0.15) is 0 Å². The first-order valence-corrected chi connectivity index (χ1v) is 5.44. The average Bonchev–Trinajstić information content (AvgIpc) is 2.55. The molecule has 0 aliphatic carbocycles. The predicted molar refractivity (Wildman–Crippen MR) is 59.4 cm³/mol. The van der Waals surface area contributed by atoms with Crippen molar-refractivity contribution < 1.29 is 0 Å². The van der Waals surface area contributed by atoms with Gasteiger partial charge in [0.2, 0.25) is 0 Å². The van der Waals surface area contributed by atoms with Gasteiger partial charge in [-0.3, -0.25) is 0 Å². The molecule has 0 radical (unpaired) electrons. The largest absolute Gasteiger partial charge is 0.315 e.